The van der Waals surface area contributed by atoms with Gasteiger partial charge in [0, 0.05) is 73.5 Å². The average molecular weight is 1150 g/mol. The van der Waals surface area contributed by atoms with Gasteiger partial charge in [0.1, 0.15) is 18.2 Å². The summed E-state index contributed by atoms with van der Waals surface area (Å²) in [5, 5.41) is 0. The van der Waals surface area contributed by atoms with Crippen LogP contribution in [0.2, 0.25) is 0 Å². The first-order chi connectivity index (χ1) is 35.8. The molecule has 2 amide bonds. The molecule has 1 N–H and O–H groups in total. The lowest BCUT2D eigenvalue weighted by Gasteiger charge is -2.35. The van der Waals surface area contributed by atoms with Crippen molar-refractivity contribution in [3.05, 3.63) is 98.1 Å². The van der Waals surface area contributed by atoms with Gasteiger partial charge in [-0.05, 0) is 78.5 Å². The molecule has 3 aromatic carbocycles. The van der Waals surface area contributed by atoms with Crippen LogP contribution < -0.4 is 15.3 Å². The SMILES string of the molecule is Cc1nc2ccccc2n1-c1nc(N2CCOCC2)nc(N2CCN(C(=O)CCOCCOCC[N+](C)(C)CCN(C)CCOCCOCCONC(=O)c3ccc(F)c(F)c3Cc3ccc(I)cc3F)CC2)n1. The Hall–Kier alpha value is -5.12. The number of benzene rings is 3. The van der Waals surface area contributed by atoms with E-state index in [0.717, 1.165) is 59.7 Å². The van der Waals surface area contributed by atoms with E-state index in [1.807, 2.05) is 70.3 Å². The van der Waals surface area contributed by atoms with Gasteiger partial charge in [-0.2, -0.15) is 15.0 Å². The van der Waals surface area contributed by atoms with E-state index in [0.29, 0.717) is 127 Å². The summed E-state index contributed by atoms with van der Waals surface area (Å²) in [5.41, 5.74) is 3.72. The summed E-state index contributed by atoms with van der Waals surface area (Å²) < 4.78 is 75.1. The lowest BCUT2D eigenvalue weighted by atomic mass is 9.98. The van der Waals surface area contributed by atoms with Crippen LogP contribution in [-0.2, 0) is 39.7 Å². The van der Waals surface area contributed by atoms with Gasteiger partial charge in [-0.25, -0.2) is 23.6 Å². The number of nitrogens with one attached hydrogen (secondary N) is 1. The molecular weight excluding hydrogens is 1080 g/mol. The van der Waals surface area contributed by atoms with E-state index in [4.69, 9.17) is 48.5 Å². The number of imidazole rings is 1. The highest BCUT2D eigenvalue weighted by Gasteiger charge is 2.27. The van der Waals surface area contributed by atoms with Gasteiger partial charge in [-0.1, -0.05) is 18.2 Å². The highest BCUT2D eigenvalue weighted by Crippen LogP contribution is 2.25. The van der Waals surface area contributed by atoms with Crippen LogP contribution >= 0.6 is 22.6 Å². The number of fused-ring (bicyclic) bond motifs is 1. The van der Waals surface area contributed by atoms with E-state index in [-0.39, 0.29) is 42.2 Å². The highest BCUT2D eigenvalue weighted by molar-refractivity contribution is 14.1. The van der Waals surface area contributed by atoms with Crippen molar-refractivity contribution in [2.75, 3.05) is 169 Å². The number of morpholine rings is 1. The van der Waals surface area contributed by atoms with Crippen molar-refractivity contribution < 1.29 is 55.8 Å². The second kappa shape index (κ2) is 28.1. The van der Waals surface area contributed by atoms with Gasteiger partial charge < -0.3 is 42.9 Å². The molecule has 74 heavy (non-hydrogen) atoms. The van der Waals surface area contributed by atoms with Crippen LogP contribution in [0, 0.1) is 27.9 Å². The molecule has 2 aliphatic rings. The Morgan fingerprint density at radius 1 is 0.730 bits per heavy atom. The Labute approximate surface area is 443 Å². The molecular formula is C51H68F3IN11O8+. The first-order valence-corrected chi connectivity index (χ1v) is 26.0. The number of piperazine rings is 1. The van der Waals surface area contributed by atoms with Crippen LogP contribution in [0.5, 0.6) is 0 Å². The predicted octanol–water partition coefficient (Wildman–Crippen LogP) is 4.44. The molecule has 0 saturated carbocycles. The second-order valence-corrected chi connectivity index (χ2v) is 19.9. The van der Waals surface area contributed by atoms with Gasteiger partial charge in [0.15, 0.2) is 11.6 Å². The van der Waals surface area contributed by atoms with E-state index in [2.05, 4.69) is 34.3 Å². The molecule has 0 atom stereocenters. The van der Waals surface area contributed by atoms with Crippen LogP contribution in [0.3, 0.4) is 0 Å². The summed E-state index contributed by atoms with van der Waals surface area (Å²) in [5.74, 6) is -1.18. The molecule has 5 aromatic rings. The number of carbonyl (C=O) groups excluding carboxylic acids is 2. The van der Waals surface area contributed by atoms with E-state index in [9.17, 15) is 22.8 Å². The first kappa shape index (κ1) is 56.6. The van der Waals surface area contributed by atoms with Crippen LogP contribution in [0.1, 0.15) is 33.7 Å². The molecule has 23 heteroatoms. The third kappa shape index (κ3) is 16.4. The summed E-state index contributed by atoms with van der Waals surface area (Å²) >= 11 is 1.95. The molecule has 0 bridgehead atoms. The van der Waals surface area contributed by atoms with Crippen molar-refractivity contribution in [2.45, 2.75) is 19.8 Å². The minimum atomic E-state index is -1.22. The Balaban J connectivity index is 0.693. The predicted molar refractivity (Wildman–Crippen MR) is 280 cm³/mol. The zero-order chi connectivity index (χ0) is 52.5. The minimum absolute atomic E-state index is 0.00595. The fourth-order valence-corrected chi connectivity index (χ4v) is 8.76. The maximum absolute atomic E-state index is 14.7. The number of amides is 2. The van der Waals surface area contributed by atoms with Crippen molar-refractivity contribution in [1.82, 2.24) is 39.8 Å². The number of ether oxygens (including phenoxy) is 5. The van der Waals surface area contributed by atoms with Crippen molar-refractivity contribution in [3.63, 3.8) is 0 Å². The van der Waals surface area contributed by atoms with E-state index in [1.165, 1.54) is 12.1 Å². The normalized spacial score (nSPS) is 14.4. The number of hydrogen-bond donors (Lipinski definition) is 1. The Bertz CT molecular complexity index is 2620. The molecule has 0 unspecified atom stereocenters. The van der Waals surface area contributed by atoms with E-state index < -0.39 is 23.4 Å². The van der Waals surface area contributed by atoms with Crippen molar-refractivity contribution >= 4 is 57.3 Å². The van der Waals surface area contributed by atoms with Crippen LogP contribution in [-0.4, -0.2) is 210 Å². The zero-order valence-electron chi connectivity index (χ0n) is 42.7. The summed E-state index contributed by atoms with van der Waals surface area (Å²) in [6, 6.07) is 14.3. The van der Waals surface area contributed by atoms with Crippen molar-refractivity contribution in [2.24, 2.45) is 0 Å². The Morgan fingerprint density at radius 2 is 1.38 bits per heavy atom. The topological polar surface area (TPSA) is 171 Å². The van der Waals surface area contributed by atoms with E-state index in [1.54, 1.807) is 6.07 Å². The van der Waals surface area contributed by atoms with Gasteiger partial charge in [0.05, 0.1) is 111 Å². The number of nitrogens with zero attached hydrogens (tertiary/aromatic N) is 10. The third-order valence-corrected chi connectivity index (χ3v) is 13.5. The number of anilines is 2. The standard InChI is InChI=1S/C51H67F3IN11O8/c1-37-56-44-7-5-6-8-45(44)65(37)51-58-49(57-50(59-51)64-20-26-70-27-21-64)63-16-14-62(15-17-63)46(67)13-24-69-29-31-72-28-23-66(3,4)22-18-61(2)19-25-71-30-32-73-33-34-74-60-48(68)40-11-12-42(52)47(54)41(40)35-38-9-10-39(55)36-43(38)53/h5-12,36H,13-35H2,1-4H3/p+1. The second-order valence-electron chi connectivity index (χ2n) is 18.7. The number of hydrogen-bond acceptors (Lipinski definition) is 15. The van der Waals surface area contributed by atoms with Crippen LogP contribution in [0.15, 0.2) is 54.6 Å². The molecule has 19 nitrogen and oxygen atoms in total. The fourth-order valence-electron chi connectivity index (χ4n) is 8.31. The van der Waals surface area contributed by atoms with Gasteiger partial charge in [-0.3, -0.25) is 23.9 Å². The number of rotatable bonds is 28. The zero-order valence-corrected chi connectivity index (χ0v) is 44.9. The molecule has 0 spiro atoms. The Kier molecular flexibility index (Phi) is 21.5. The Morgan fingerprint density at radius 3 is 2.11 bits per heavy atom. The van der Waals surface area contributed by atoms with Crippen LogP contribution in [0.25, 0.3) is 17.0 Å². The van der Waals surface area contributed by atoms with Crippen molar-refractivity contribution in [1.29, 1.82) is 0 Å². The number of aromatic nitrogens is 5. The smallest absolute Gasteiger partial charge is 0.275 e. The molecule has 0 radical (unpaired) electrons. The molecule has 2 aliphatic heterocycles. The summed E-state index contributed by atoms with van der Waals surface area (Å²) in [4.78, 5) is 58.9. The average Bonchev–Trinajstić information content (AvgIpc) is 3.74. The first-order valence-electron chi connectivity index (χ1n) is 25.0. The highest BCUT2D eigenvalue weighted by atomic mass is 127. The molecule has 7 rings (SSSR count). The third-order valence-electron chi connectivity index (χ3n) is 12.8. The number of aryl methyl sites for hydroxylation is 1. The number of halogens is 4. The van der Waals surface area contributed by atoms with Gasteiger partial charge in [0.25, 0.3) is 5.91 Å². The maximum atomic E-state index is 14.7. The number of para-hydroxylation sites is 2. The van der Waals surface area contributed by atoms with Gasteiger partial charge in [0.2, 0.25) is 23.8 Å². The van der Waals surface area contributed by atoms with Crippen molar-refractivity contribution in [3.8, 4) is 5.95 Å². The molecule has 4 heterocycles. The summed E-state index contributed by atoms with van der Waals surface area (Å²) in [6.07, 6.45) is -0.0123. The number of quaternary nitrogens is 1. The number of carbonyl (C=O) groups is 2. The molecule has 402 valence electrons. The summed E-state index contributed by atoms with van der Waals surface area (Å²) in [7, 11) is 6.39. The van der Waals surface area contributed by atoms with Crippen LogP contribution in [0.4, 0.5) is 25.1 Å². The lowest BCUT2D eigenvalue weighted by Crippen LogP contribution is -2.49. The van der Waals surface area contributed by atoms with Gasteiger partial charge >= 0.3 is 0 Å². The monoisotopic (exact) mass is 1150 g/mol. The minimum Gasteiger partial charge on any atom is -0.379 e. The fraction of sp³-hybridized carbons (Fsp3) is 0.529. The summed E-state index contributed by atoms with van der Waals surface area (Å²) in [6.45, 7) is 13.4. The molecule has 2 fully saturated rings. The lowest BCUT2D eigenvalue weighted by molar-refractivity contribution is -0.890. The maximum Gasteiger partial charge on any atom is 0.275 e. The number of hydroxylamine groups is 1. The van der Waals surface area contributed by atoms with E-state index >= 15 is 0 Å². The molecule has 2 saturated heterocycles. The quantitative estimate of drug-likeness (QED) is 0.0323. The number of likely N-dealkylation sites (N-methyl/N-ethyl adjacent to an activating group) is 2. The molecule has 2 aromatic heterocycles. The largest absolute Gasteiger partial charge is 0.379 e. The van der Waals surface area contributed by atoms with Gasteiger partial charge in [-0.15, -0.1) is 0 Å². The molecule has 0 aliphatic carbocycles.